The number of carbonyl (C=O) groups excluding carboxylic acids is 1. The Hall–Kier alpha value is -1.66. The number of nitrogens with two attached hydrogens (primary N) is 1. The van der Waals surface area contributed by atoms with Crippen molar-refractivity contribution in [3.05, 3.63) is 39.4 Å². The van der Waals surface area contributed by atoms with Crippen LogP contribution in [0.1, 0.15) is 42.1 Å². The number of amides is 1. The zero-order valence-electron chi connectivity index (χ0n) is 12.3. The Bertz CT molecular complexity index is 494. The van der Waals surface area contributed by atoms with Crippen molar-refractivity contribution in [1.82, 2.24) is 5.32 Å². The van der Waals surface area contributed by atoms with Gasteiger partial charge in [0.2, 0.25) is 0 Å². The van der Waals surface area contributed by atoms with Gasteiger partial charge in [-0.15, -0.1) is 12.4 Å². The van der Waals surface area contributed by atoms with E-state index >= 15 is 0 Å². The topological polar surface area (TPSA) is 98.3 Å². The number of benzene rings is 1. The zero-order chi connectivity index (χ0) is 15.1. The predicted molar refractivity (Wildman–Crippen MR) is 84.9 cm³/mol. The second kappa shape index (κ2) is 9.31. The average Bonchev–Trinajstić information content (AvgIpc) is 2.42. The maximum absolute atomic E-state index is 12.1. The Morgan fingerprint density at radius 1 is 1.43 bits per heavy atom. The molecule has 0 radical (unpaired) electrons. The maximum Gasteiger partial charge on any atom is 0.270 e. The second-order valence-electron chi connectivity index (χ2n) is 4.86. The molecule has 6 nitrogen and oxygen atoms in total. The molecular formula is C14H22ClN3O3. The number of nitro groups is 1. The van der Waals surface area contributed by atoms with Crippen LogP contribution in [0, 0.1) is 17.0 Å². The summed E-state index contributed by atoms with van der Waals surface area (Å²) in [6.07, 6.45) is 2.82. The quantitative estimate of drug-likeness (QED) is 0.596. The number of rotatable bonds is 7. The van der Waals surface area contributed by atoms with Crippen molar-refractivity contribution in [2.45, 2.75) is 39.2 Å². The molecule has 0 aromatic heterocycles. The Balaban J connectivity index is 0.00000400. The Kier molecular flexibility index (Phi) is 8.57. The molecule has 1 rings (SSSR count). The SMILES string of the molecule is CCCCC(CN)NC(=O)c1cc(C)cc([N+](=O)[O-])c1.Cl. The normalized spacial score (nSPS) is 11.4. The summed E-state index contributed by atoms with van der Waals surface area (Å²) in [5.41, 5.74) is 6.53. The van der Waals surface area contributed by atoms with Crippen molar-refractivity contribution in [3.63, 3.8) is 0 Å². The number of nitrogens with zero attached hydrogens (tertiary/aromatic N) is 1. The molecule has 1 aromatic rings. The first kappa shape index (κ1) is 19.3. The lowest BCUT2D eigenvalue weighted by atomic mass is 10.1. The summed E-state index contributed by atoms with van der Waals surface area (Å²) in [6, 6.07) is 4.27. The molecule has 3 N–H and O–H groups in total. The number of hydrogen-bond acceptors (Lipinski definition) is 4. The number of non-ortho nitro benzene ring substituents is 1. The van der Waals surface area contributed by atoms with Crippen molar-refractivity contribution >= 4 is 24.0 Å². The Morgan fingerprint density at radius 2 is 2.10 bits per heavy atom. The molecule has 118 valence electrons. The molecule has 7 heteroatoms. The molecule has 1 amide bonds. The number of hydrogen-bond donors (Lipinski definition) is 2. The van der Waals surface area contributed by atoms with Crippen molar-refractivity contribution in [2.24, 2.45) is 5.73 Å². The summed E-state index contributed by atoms with van der Waals surface area (Å²) in [7, 11) is 0. The number of halogens is 1. The van der Waals surface area contributed by atoms with Gasteiger partial charge in [0.15, 0.2) is 0 Å². The monoisotopic (exact) mass is 315 g/mol. The minimum Gasteiger partial charge on any atom is -0.348 e. The third-order valence-electron chi connectivity index (χ3n) is 3.06. The van der Waals surface area contributed by atoms with Crippen LogP contribution < -0.4 is 11.1 Å². The number of aryl methyl sites for hydroxylation is 1. The number of unbranched alkanes of at least 4 members (excludes halogenated alkanes) is 1. The maximum atomic E-state index is 12.1. The lowest BCUT2D eigenvalue weighted by Crippen LogP contribution is -2.40. The van der Waals surface area contributed by atoms with Crippen LogP contribution in [-0.4, -0.2) is 23.4 Å². The highest BCUT2D eigenvalue weighted by molar-refractivity contribution is 5.95. The summed E-state index contributed by atoms with van der Waals surface area (Å²) < 4.78 is 0. The zero-order valence-corrected chi connectivity index (χ0v) is 13.1. The van der Waals surface area contributed by atoms with E-state index in [2.05, 4.69) is 12.2 Å². The van der Waals surface area contributed by atoms with E-state index in [4.69, 9.17) is 5.73 Å². The first-order chi connectivity index (χ1) is 9.47. The molecular weight excluding hydrogens is 294 g/mol. The third kappa shape index (κ3) is 6.10. The van der Waals surface area contributed by atoms with Crippen LogP contribution in [0.5, 0.6) is 0 Å². The molecule has 0 spiro atoms. The first-order valence-electron chi connectivity index (χ1n) is 6.75. The largest absolute Gasteiger partial charge is 0.348 e. The molecule has 0 saturated carbocycles. The molecule has 21 heavy (non-hydrogen) atoms. The van der Waals surface area contributed by atoms with Gasteiger partial charge in [0, 0.05) is 30.3 Å². The smallest absolute Gasteiger partial charge is 0.270 e. The highest BCUT2D eigenvalue weighted by atomic mass is 35.5. The van der Waals surface area contributed by atoms with Gasteiger partial charge in [0.25, 0.3) is 11.6 Å². The number of carbonyl (C=O) groups is 1. The van der Waals surface area contributed by atoms with E-state index in [0.29, 0.717) is 17.7 Å². The molecule has 0 saturated heterocycles. The third-order valence-corrected chi connectivity index (χ3v) is 3.06. The molecule has 0 aliphatic rings. The van der Waals surface area contributed by atoms with Gasteiger partial charge in [-0.2, -0.15) is 0 Å². The van der Waals surface area contributed by atoms with Gasteiger partial charge in [-0.05, 0) is 25.0 Å². The van der Waals surface area contributed by atoms with Gasteiger partial charge in [0.1, 0.15) is 0 Å². The van der Waals surface area contributed by atoms with Crippen LogP contribution in [0.4, 0.5) is 5.69 Å². The summed E-state index contributed by atoms with van der Waals surface area (Å²) in [6.45, 7) is 4.15. The van der Waals surface area contributed by atoms with Crippen molar-refractivity contribution in [3.8, 4) is 0 Å². The van der Waals surface area contributed by atoms with Gasteiger partial charge in [-0.3, -0.25) is 14.9 Å². The van der Waals surface area contributed by atoms with Crippen LogP contribution >= 0.6 is 12.4 Å². The fourth-order valence-corrected chi connectivity index (χ4v) is 1.97. The molecule has 0 aliphatic carbocycles. The van der Waals surface area contributed by atoms with Crippen molar-refractivity contribution in [1.29, 1.82) is 0 Å². The number of nitrogens with one attached hydrogen (secondary N) is 1. The summed E-state index contributed by atoms with van der Waals surface area (Å²) >= 11 is 0. The van der Waals surface area contributed by atoms with Gasteiger partial charge < -0.3 is 11.1 Å². The minimum atomic E-state index is -0.499. The minimum absolute atomic E-state index is 0. The molecule has 0 fully saturated rings. The van der Waals surface area contributed by atoms with E-state index in [1.807, 2.05) is 0 Å². The van der Waals surface area contributed by atoms with E-state index < -0.39 is 4.92 Å². The molecule has 1 atom stereocenters. The molecule has 1 unspecified atom stereocenters. The Labute approximate surface area is 130 Å². The van der Waals surface area contributed by atoms with E-state index in [9.17, 15) is 14.9 Å². The van der Waals surface area contributed by atoms with Gasteiger partial charge in [-0.25, -0.2) is 0 Å². The number of nitro benzene ring substituents is 1. The average molecular weight is 316 g/mol. The molecule has 1 aromatic carbocycles. The van der Waals surface area contributed by atoms with Crippen LogP contribution in [0.15, 0.2) is 18.2 Å². The van der Waals surface area contributed by atoms with Crippen LogP contribution in [0.2, 0.25) is 0 Å². The van der Waals surface area contributed by atoms with Crippen LogP contribution in [0.25, 0.3) is 0 Å². The lowest BCUT2D eigenvalue weighted by molar-refractivity contribution is -0.384. The van der Waals surface area contributed by atoms with Crippen molar-refractivity contribution in [2.75, 3.05) is 6.54 Å². The van der Waals surface area contributed by atoms with Crippen LogP contribution in [0.3, 0.4) is 0 Å². The summed E-state index contributed by atoms with van der Waals surface area (Å²) in [5.74, 6) is -0.316. The van der Waals surface area contributed by atoms with E-state index in [1.54, 1.807) is 13.0 Å². The fourth-order valence-electron chi connectivity index (χ4n) is 1.97. The Morgan fingerprint density at radius 3 is 2.62 bits per heavy atom. The second-order valence-corrected chi connectivity index (χ2v) is 4.86. The van der Waals surface area contributed by atoms with E-state index in [-0.39, 0.29) is 30.0 Å². The van der Waals surface area contributed by atoms with E-state index in [1.165, 1.54) is 12.1 Å². The van der Waals surface area contributed by atoms with Gasteiger partial charge in [0.05, 0.1) is 4.92 Å². The van der Waals surface area contributed by atoms with E-state index in [0.717, 1.165) is 19.3 Å². The standard InChI is InChI=1S/C14H21N3O3.ClH/c1-3-4-5-12(9-15)16-14(18)11-6-10(2)7-13(8-11)17(19)20;/h6-8,12H,3-5,9,15H2,1-2H3,(H,16,18);1H. The highest BCUT2D eigenvalue weighted by Crippen LogP contribution is 2.17. The van der Waals surface area contributed by atoms with Gasteiger partial charge in [-0.1, -0.05) is 19.8 Å². The highest BCUT2D eigenvalue weighted by Gasteiger charge is 2.16. The lowest BCUT2D eigenvalue weighted by Gasteiger charge is -2.16. The van der Waals surface area contributed by atoms with Crippen LogP contribution in [-0.2, 0) is 0 Å². The first-order valence-corrected chi connectivity index (χ1v) is 6.75. The summed E-state index contributed by atoms with van der Waals surface area (Å²) in [4.78, 5) is 22.4. The van der Waals surface area contributed by atoms with Crippen molar-refractivity contribution < 1.29 is 9.72 Å². The predicted octanol–water partition coefficient (Wildman–Crippen LogP) is 2.57. The molecule has 0 aliphatic heterocycles. The summed E-state index contributed by atoms with van der Waals surface area (Å²) in [5, 5.41) is 13.6. The fraction of sp³-hybridized carbons (Fsp3) is 0.500. The van der Waals surface area contributed by atoms with Gasteiger partial charge >= 0.3 is 0 Å². The molecule has 0 bridgehead atoms. The molecule has 0 heterocycles.